The smallest absolute Gasteiger partial charge is 0.141 e. The number of nitrogens with zero attached hydrogens (tertiary/aromatic N) is 2. The van der Waals surface area contributed by atoms with E-state index in [1.807, 2.05) is 0 Å². The summed E-state index contributed by atoms with van der Waals surface area (Å²) < 4.78 is 12.8. The molecule has 1 aromatic rings. The molecule has 3 nitrogen and oxygen atoms in total. The first kappa shape index (κ1) is 14.4. The van der Waals surface area contributed by atoms with Crippen molar-refractivity contribution in [3.05, 3.63) is 29.8 Å². The largest absolute Gasteiger partial charge is 0.323 e. The minimum absolute atomic E-state index is 0.101. The van der Waals surface area contributed by atoms with E-state index in [2.05, 4.69) is 16.8 Å². The minimum atomic E-state index is -0.309. The van der Waals surface area contributed by atoms with E-state index in [4.69, 9.17) is 5.73 Å². The highest BCUT2D eigenvalue weighted by atomic mass is 19.1. The Morgan fingerprint density at radius 1 is 1.47 bits per heavy atom. The molecule has 1 unspecified atom stereocenters. The van der Waals surface area contributed by atoms with Gasteiger partial charge in [-0.2, -0.15) is 0 Å². The highest BCUT2D eigenvalue weighted by molar-refractivity contribution is 5.09. The predicted molar refractivity (Wildman–Crippen MR) is 75.2 cm³/mol. The molecule has 1 fully saturated rings. The molecule has 0 spiro atoms. The number of aromatic nitrogens is 1. The summed E-state index contributed by atoms with van der Waals surface area (Å²) in [6.07, 6.45) is 6.26. The van der Waals surface area contributed by atoms with Crippen molar-refractivity contribution in [2.24, 2.45) is 11.7 Å². The van der Waals surface area contributed by atoms with Gasteiger partial charge in [-0.25, -0.2) is 4.39 Å². The van der Waals surface area contributed by atoms with E-state index in [9.17, 15) is 4.39 Å². The number of pyridine rings is 1. The third kappa shape index (κ3) is 4.25. The van der Waals surface area contributed by atoms with Crippen molar-refractivity contribution >= 4 is 0 Å². The van der Waals surface area contributed by atoms with Gasteiger partial charge in [-0.05, 0) is 50.4 Å². The van der Waals surface area contributed by atoms with Crippen molar-refractivity contribution in [1.29, 1.82) is 0 Å². The SMILES string of the molecule is CCN(CCC(N)c1ccc(F)cn1)CC1CCC1. The van der Waals surface area contributed by atoms with E-state index >= 15 is 0 Å². The molecule has 2 rings (SSSR count). The number of halogens is 1. The lowest BCUT2D eigenvalue weighted by atomic mass is 9.85. The molecule has 106 valence electrons. The summed E-state index contributed by atoms with van der Waals surface area (Å²) in [7, 11) is 0. The standard InChI is InChI=1S/C15H24FN3/c1-2-19(11-12-4-3-5-12)9-8-14(17)15-7-6-13(16)10-18-15/h6-7,10,12,14H,2-5,8-9,11,17H2,1H3. The molecule has 1 aromatic heterocycles. The van der Waals surface area contributed by atoms with Crippen LogP contribution in [-0.4, -0.2) is 29.5 Å². The van der Waals surface area contributed by atoms with Crippen LogP contribution >= 0.6 is 0 Å². The summed E-state index contributed by atoms with van der Waals surface area (Å²) >= 11 is 0. The lowest BCUT2D eigenvalue weighted by molar-refractivity contribution is 0.179. The zero-order valence-corrected chi connectivity index (χ0v) is 11.7. The normalized spacial score (nSPS) is 17.5. The number of hydrogen-bond acceptors (Lipinski definition) is 3. The minimum Gasteiger partial charge on any atom is -0.323 e. The second-order valence-corrected chi connectivity index (χ2v) is 5.49. The van der Waals surface area contributed by atoms with Crippen molar-refractivity contribution in [1.82, 2.24) is 9.88 Å². The van der Waals surface area contributed by atoms with Gasteiger partial charge in [0.05, 0.1) is 11.9 Å². The van der Waals surface area contributed by atoms with E-state index in [0.29, 0.717) is 0 Å². The van der Waals surface area contributed by atoms with Gasteiger partial charge in [0.15, 0.2) is 0 Å². The Hall–Kier alpha value is -1.00. The van der Waals surface area contributed by atoms with Gasteiger partial charge in [0.1, 0.15) is 5.82 Å². The second kappa shape index (κ2) is 6.96. The predicted octanol–water partition coefficient (Wildman–Crippen LogP) is 2.73. The van der Waals surface area contributed by atoms with E-state index in [0.717, 1.165) is 31.1 Å². The Kier molecular flexibility index (Phi) is 5.28. The summed E-state index contributed by atoms with van der Waals surface area (Å²) in [5.74, 6) is 0.580. The molecular formula is C15H24FN3. The van der Waals surface area contributed by atoms with Crippen molar-refractivity contribution < 1.29 is 4.39 Å². The van der Waals surface area contributed by atoms with Crippen LogP contribution in [0.15, 0.2) is 18.3 Å². The summed E-state index contributed by atoms with van der Waals surface area (Å²) in [6.45, 7) is 5.45. The van der Waals surface area contributed by atoms with Crippen LogP contribution in [0.4, 0.5) is 4.39 Å². The van der Waals surface area contributed by atoms with E-state index in [1.165, 1.54) is 38.1 Å². The van der Waals surface area contributed by atoms with Crippen molar-refractivity contribution in [3.63, 3.8) is 0 Å². The van der Waals surface area contributed by atoms with Crippen LogP contribution in [0.25, 0.3) is 0 Å². The number of nitrogens with two attached hydrogens (primary N) is 1. The Bertz CT molecular complexity index is 375. The van der Waals surface area contributed by atoms with E-state index < -0.39 is 0 Å². The van der Waals surface area contributed by atoms with Gasteiger partial charge in [-0.1, -0.05) is 13.3 Å². The van der Waals surface area contributed by atoms with Crippen LogP contribution < -0.4 is 5.73 Å². The molecule has 4 heteroatoms. The van der Waals surface area contributed by atoms with Gasteiger partial charge in [0.2, 0.25) is 0 Å². The summed E-state index contributed by atoms with van der Waals surface area (Å²) in [5, 5.41) is 0. The molecule has 1 aliphatic rings. The van der Waals surface area contributed by atoms with Crippen LogP contribution in [0.3, 0.4) is 0 Å². The Morgan fingerprint density at radius 3 is 2.79 bits per heavy atom. The van der Waals surface area contributed by atoms with Crippen LogP contribution in [-0.2, 0) is 0 Å². The molecule has 0 radical (unpaired) electrons. The molecular weight excluding hydrogens is 241 g/mol. The third-order valence-electron chi connectivity index (χ3n) is 4.07. The Balaban J connectivity index is 1.77. The second-order valence-electron chi connectivity index (χ2n) is 5.49. The monoisotopic (exact) mass is 265 g/mol. The molecule has 1 atom stereocenters. The topological polar surface area (TPSA) is 42.1 Å². The molecule has 0 saturated heterocycles. The lowest BCUT2D eigenvalue weighted by Gasteiger charge is -2.32. The fourth-order valence-corrected chi connectivity index (χ4v) is 2.50. The van der Waals surface area contributed by atoms with Gasteiger partial charge in [-0.3, -0.25) is 4.98 Å². The lowest BCUT2D eigenvalue weighted by Crippen LogP contribution is -2.34. The summed E-state index contributed by atoms with van der Waals surface area (Å²) in [5.41, 5.74) is 6.89. The average molecular weight is 265 g/mol. The van der Waals surface area contributed by atoms with Crippen LogP contribution in [0, 0.1) is 11.7 Å². The first-order valence-electron chi connectivity index (χ1n) is 7.28. The highest BCUT2D eigenvalue weighted by Crippen LogP contribution is 2.27. The molecule has 1 saturated carbocycles. The van der Waals surface area contributed by atoms with Gasteiger partial charge in [-0.15, -0.1) is 0 Å². The molecule has 1 aliphatic carbocycles. The van der Waals surface area contributed by atoms with Gasteiger partial charge in [0.25, 0.3) is 0 Å². The highest BCUT2D eigenvalue weighted by Gasteiger charge is 2.20. The molecule has 1 heterocycles. The maximum Gasteiger partial charge on any atom is 0.141 e. The van der Waals surface area contributed by atoms with Crippen LogP contribution in [0.2, 0.25) is 0 Å². The first-order valence-corrected chi connectivity index (χ1v) is 7.28. The van der Waals surface area contributed by atoms with Crippen LogP contribution in [0.5, 0.6) is 0 Å². The van der Waals surface area contributed by atoms with Gasteiger partial charge in [0, 0.05) is 12.6 Å². The summed E-state index contributed by atoms with van der Waals surface area (Å²) in [4.78, 5) is 6.52. The zero-order valence-electron chi connectivity index (χ0n) is 11.7. The Morgan fingerprint density at radius 2 is 2.26 bits per heavy atom. The summed E-state index contributed by atoms with van der Waals surface area (Å²) in [6, 6.07) is 3.01. The fourth-order valence-electron chi connectivity index (χ4n) is 2.50. The van der Waals surface area contributed by atoms with Gasteiger partial charge >= 0.3 is 0 Å². The van der Waals surface area contributed by atoms with E-state index in [1.54, 1.807) is 6.07 Å². The average Bonchev–Trinajstić information content (AvgIpc) is 2.37. The number of hydrogen-bond donors (Lipinski definition) is 1. The molecule has 2 N–H and O–H groups in total. The first-order chi connectivity index (χ1) is 9.19. The third-order valence-corrected chi connectivity index (χ3v) is 4.07. The maximum absolute atomic E-state index is 12.8. The molecule has 0 bridgehead atoms. The fraction of sp³-hybridized carbons (Fsp3) is 0.667. The van der Waals surface area contributed by atoms with Crippen molar-refractivity contribution in [2.75, 3.05) is 19.6 Å². The molecule has 0 aromatic carbocycles. The molecule has 0 amide bonds. The zero-order chi connectivity index (χ0) is 13.7. The van der Waals surface area contributed by atoms with Crippen molar-refractivity contribution in [2.45, 2.75) is 38.6 Å². The Labute approximate surface area is 115 Å². The van der Waals surface area contributed by atoms with Gasteiger partial charge < -0.3 is 10.6 Å². The molecule has 19 heavy (non-hydrogen) atoms. The van der Waals surface area contributed by atoms with Crippen LogP contribution in [0.1, 0.15) is 44.3 Å². The quantitative estimate of drug-likeness (QED) is 0.824. The number of rotatable bonds is 7. The maximum atomic E-state index is 12.8. The van der Waals surface area contributed by atoms with Crippen molar-refractivity contribution in [3.8, 4) is 0 Å². The molecule has 0 aliphatic heterocycles. The van der Waals surface area contributed by atoms with E-state index in [-0.39, 0.29) is 11.9 Å².